The summed E-state index contributed by atoms with van der Waals surface area (Å²) in [5.74, 6) is -0.460. The van der Waals surface area contributed by atoms with Gasteiger partial charge in [-0.3, -0.25) is 10.1 Å². The van der Waals surface area contributed by atoms with Crippen LogP contribution >= 0.6 is 0 Å². The molecule has 0 aromatic heterocycles. The molecule has 31 heavy (non-hydrogen) atoms. The van der Waals surface area contributed by atoms with Crippen LogP contribution in [0.25, 0.3) is 0 Å². The Hall–Kier alpha value is -2.95. The molecule has 0 saturated carbocycles. The molecule has 2 N–H and O–H groups in total. The smallest absolute Gasteiger partial charge is 0.411 e. The van der Waals surface area contributed by atoms with E-state index >= 15 is 0 Å². The third-order valence-corrected chi connectivity index (χ3v) is 6.58. The maximum absolute atomic E-state index is 12.7. The third-order valence-electron chi connectivity index (χ3n) is 4.69. The number of sulfonamides is 1. The normalized spacial score (nSPS) is 14.2. The molecule has 0 atom stereocenters. The van der Waals surface area contributed by atoms with E-state index in [1.54, 1.807) is 36.4 Å². The zero-order valence-electron chi connectivity index (χ0n) is 17.2. The van der Waals surface area contributed by atoms with Crippen LogP contribution in [0.2, 0.25) is 0 Å². The summed E-state index contributed by atoms with van der Waals surface area (Å²) >= 11 is 0. The van der Waals surface area contributed by atoms with Crippen molar-refractivity contribution >= 4 is 33.4 Å². The van der Waals surface area contributed by atoms with E-state index in [2.05, 4.69) is 10.6 Å². The summed E-state index contributed by atoms with van der Waals surface area (Å²) in [4.78, 5) is 24.5. The Labute approximate surface area is 181 Å². The lowest BCUT2D eigenvalue weighted by atomic mass is 10.2. The van der Waals surface area contributed by atoms with Gasteiger partial charge in [-0.1, -0.05) is 12.1 Å². The number of rotatable bonds is 8. The van der Waals surface area contributed by atoms with Crippen molar-refractivity contribution in [3.05, 3.63) is 54.1 Å². The van der Waals surface area contributed by atoms with Crippen LogP contribution in [0.15, 0.2) is 53.4 Å². The number of benzene rings is 2. The molecule has 1 aliphatic heterocycles. The minimum atomic E-state index is -3.61. The van der Waals surface area contributed by atoms with Gasteiger partial charge in [-0.05, 0) is 49.2 Å². The first-order valence-corrected chi connectivity index (χ1v) is 11.3. The molecule has 2 amide bonds. The molecule has 166 valence electrons. The summed E-state index contributed by atoms with van der Waals surface area (Å²) in [6, 6.07) is 12.5. The van der Waals surface area contributed by atoms with Crippen molar-refractivity contribution in [2.75, 3.05) is 44.0 Å². The Kier molecular flexibility index (Phi) is 7.61. The van der Waals surface area contributed by atoms with Crippen molar-refractivity contribution in [3.63, 3.8) is 0 Å². The first-order valence-electron chi connectivity index (χ1n) is 9.84. The minimum Gasteiger partial charge on any atom is -0.447 e. The number of carbonyl (C=O) groups excluding carboxylic acids is 2. The summed E-state index contributed by atoms with van der Waals surface area (Å²) in [6.45, 7) is 1.39. The molecule has 1 aliphatic rings. The van der Waals surface area contributed by atoms with Gasteiger partial charge >= 0.3 is 6.09 Å². The molecule has 2 aromatic rings. The highest BCUT2D eigenvalue weighted by atomic mass is 32.2. The van der Waals surface area contributed by atoms with Gasteiger partial charge in [0.05, 0.1) is 11.5 Å². The number of hydrogen-bond acceptors (Lipinski definition) is 6. The van der Waals surface area contributed by atoms with Crippen molar-refractivity contribution in [1.29, 1.82) is 0 Å². The van der Waals surface area contributed by atoms with Gasteiger partial charge in [-0.2, -0.15) is 4.31 Å². The Morgan fingerprint density at radius 1 is 0.968 bits per heavy atom. The fourth-order valence-electron chi connectivity index (χ4n) is 3.12. The van der Waals surface area contributed by atoms with Crippen LogP contribution in [0.1, 0.15) is 23.2 Å². The summed E-state index contributed by atoms with van der Waals surface area (Å²) < 4.78 is 36.7. The van der Waals surface area contributed by atoms with E-state index in [0.29, 0.717) is 24.5 Å². The molecule has 0 spiro atoms. The van der Waals surface area contributed by atoms with Gasteiger partial charge in [-0.25, -0.2) is 13.2 Å². The van der Waals surface area contributed by atoms with Crippen LogP contribution in [0.3, 0.4) is 0 Å². The van der Waals surface area contributed by atoms with Crippen molar-refractivity contribution in [2.24, 2.45) is 0 Å². The highest BCUT2D eigenvalue weighted by molar-refractivity contribution is 7.89. The van der Waals surface area contributed by atoms with E-state index < -0.39 is 22.0 Å². The van der Waals surface area contributed by atoms with E-state index in [0.717, 1.165) is 12.8 Å². The summed E-state index contributed by atoms with van der Waals surface area (Å²) in [5, 5.41) is 5.27. The standard InChI is InChI=1S/C21H25N3O6S/c1-29-12-13-30-21(26)23-18-8-5-7-17(15-18)22-20(25)16-6-4-9-19(14-16)31(27,28)24-10-2-3-11-24/h4-9,14-15H,2-3,10-13H2,1H3,(H,22,25)(H,23,26). The first kappa shape index (κ1) is 22.7. The zero-order chi connectivity index (χ0) is 22.3. The predicted octanol–water partition coefficient (Wildman–Crippen LogP) is 2.92. The van der Waals surface area contributed by atoms with Crippen LogP contribution in [-0.2, 0) is 19.5 Å². The topological polar surface area (TPSA) is 114 Å². The molecule has 1 heterocycles. The van der Waals surface area contributed by atoms with Gasteiger partial charge in [0.15, 0.2) is 0 Å². The average Bonchev–Trinajstić information content (AvgIpc) is 3.30. The van der Waals surface area contributed by atoms with E-state index in [1.165, 1.54) is 23.5 Å². The Balaban J connectivity index is 1.67. The lowest BCUT2D eigenvalue weighted by Crippen LogP contribution is -2.28. The number of anilines is 2. The predicted molar refractivity (Wildman–Crippen MR) is 116 cm³/mol. The summed E-state index contributed by atoms with van der Waals surface area (Å²) in [7, 11) is -2.11. The molecule has 0 aliphatic carbocycles. The molecule has 1 saturated heterocycles. The van der Waals surface area contributed by atoms with Crippen molar-refractivity contribution in [2.45, 2.75) is 17.7 Å². The highest BCUT2D eigenvalue weighted by Crippen LogP contribution is 2.22. The van der Waals surface area contributed by atoms with Crippen LogP contribution in [0, 0.1) is 0 Å². The summed E-state index contributed by atoms with van der Waals surface area (Å²) in [6.07, 6.45) is 1.04. The molecule has 0 radical (unpaired) electrons. The molecule has 0 bridgehead atoms. The van der Waals surface area contributed by atoms with Crippen LogP contribution in [-0.4, -0.2) is 58.1 Å². The molecule has 3 rings (SSSR count). The van der Waals surface area contributed by atoms with E-state index in [-0.39, 0.29) is 23.7 Å². The Morgan fingerprint density at radius 2 is 1.65 bits per heavy atom. The number of amides is 2. The first-order chi connectivity index (χ1) is 14.9. The van der Waals surface area contributed by atoms with Gasteiger partial charge < -0.3 is 14.8 Å². The fourth-order valence-corrected chi connectivity index (χ4v) is 4.69. The fraction of sp³-hybridized carbons (Fsp3) is 0.333. The van der Waals surface area contributed by atoms with Crippen LogP contribution < -0.4 is 10.6 Å². The molecular formula is C21H25N3O6S. The number of nitrogens with zero attached hydrogens (tertiary/aromatic N) is 1. The van der Waals surface area contributed by atoms with Gasteiger partial charge in [0.25, 0.3) is 5.91 Å². The van der Waals surface area contributed by atoms with Gasteiger partial charge in [0.1, 0.15) is 6.61 Å². The van der Waals surface area contributed by atoms with Crippen LogP contribution in [0.4, 0.5) is 16.2 Å². The highest BCUT2D eigenvalue weighted by Gasteiger charge is 2.27. The third kappa shape index (κ3) is 6.03. The number of ether oxygens (including phenoxy) is 2. The number of nitrogens with one attached hydrogen (secondary N) is 2. The largest absolute Gasteiger partial charge is 0.447 e. The second kappa shape index (κ2) is 10.4. The van der Waals surface area contributed by atoms with E-state index in [1.807, 2.05) is 0 Å². The van der Waals surface area contributed by atoms with Crippen molar-refractivity contribution in [1.82, 2.24) is 4.31 Å². The second-order valence-corrected chi connectivity index (χ2v) is 8.87. The molecule has 0 unspecified atom stereocenters. The van der Waals surface area contributed by atoms with Gasteiger partial charge in [0, 0.05) is 37.1 Å². The lowest BCUT2D eigenvalue weighted by molar-refractivity contribution is 0.102. The molecule has 2 aromatic carbocycles. The monoisotopic (exact) mass is 447 g/mol. The molecule has 1 fully saturated rings. The molecule has 10 heteroatoms. The maximum atomic E-state index is 12.7. The summed E-state index contributed by atoms with van der Waals surface area (Å²) in [5.41, 5.74) is 1.09. The SMILES string of the molecule is COCCOC(=O)Nc1cccc(NC(=O)c2cccc(S(=O)(=O)N3CCCC3)c2)c1. The van der Waals surface area contributed by atoms with Crippen LogP contribution in [0.5, 0.6) is 0 Å². The van der Waals surface area contributed by atoms with Gasteiger partial charge in [0.2, 0.25) is 10.0 Å². The van der Waals surface area contributed by atoms with Gasteiger partial charge in [-0.15, -0.1) is 0 Å². The van der Waals surface area contributed by atoms with E-state index in [4.69, 9.17) is 9.47 Å². The van der Waals surface area contributed by atoms with E-state index in [9.17, 15) is 18.0 Å². The minimum absolute atomic E-state index is 0.0938. The van der Waals surface area contributed by atoms with Crippen molar-refractivity contribution < 1.29 is 27.5 Å². The second-order valence-electron chi connectivity index (χ2n) is 6.93. The number of carbonyl (C=O) groups is 2. The maximum Gasteiger partial charge on any atom is 0.411 e. The Bertz CT molecular complexity index is 1030. The number of methoxy groups -OCH3 is 1. The molecule has 9 nitrogen and oxygen atoms in total. The lowest BCUT2D eigenvalue weighted by Gasteiger charge is -2.16. The zero-order valence-corrected chi connectivity index (χ0v) is 18.0. The number of hydrogen-bond donors (Lipinski definition) is 2. The Morgan fingerprint density at radius 3 is 2.35 bits per heavy atom. The average molecular weight is 448 g/mol. The van der Waals surface area contributed by atoms with Crippen molar-refractivity contribution in [3.8, 4) is 0 Å². The quantitative estimate of drug-likeness (QED) is 0.602. The molecular weight excluding hydrogens is 422 g/mol.